The van der Waals surface area contributed by atoms with Gasteiger partial charge in [-0.1, -0.05) is 30.3 Å². The molecule has 0 saturated carbocycles. The lowest BCUT2D eigenvalue weighted by Gasteiger charge is -2.08. The maximum absolute atomic E-state index is 11.8. The van der Waals surface area contributed by atoms with E-state index in [-0.39, 0.29) is 25.0 Å². The van der Waals surface area contributed by atoms with Crippen molar-refractivity contribution in [3.05, 3.63) is 60.2 Å². The molecule has 0 heterocycles. The topological polar surface area (TPSA) is 76.7 Å². The summed E-state index contributed by atoms with van der Waals surface area (Å²) in [5, 5.41) is 5.19. The number of carbonyl (C=O) groups excluding carboxylic acids is 2. The zero-order valence-corrected chi connectivity index (χ0v) is 13.5. The van der Waals surface area contributed by atoms with Crippen molar-refractivity contribution >= 4 is 17.5 Å². The number of ether oxygens (including phenoxy) is 2. The monoisotopic (exact) mass is 328 g/mol. The molecule has 6 nitrogen and oxygen atoms in total. The van der Waals surface area contributed by atoms with Gasteiger partial charge >= 0.3 is 0 Å². The lowest BCUT2D eigenvalue weighted by molar-refractivity contribution is -0.128. The third kappa shape index (κ3) is 6.10. The van der Waals surface area contributed by atoms with Crippen molar-refractivity contribution in [3.63, 3.8) is 0 Å². The predicted molar refractivity (Wildman–Crippen MR) is 90.7 cm³/mol. The molecule has 0 spiro atoms. The van der Waals surface area contributed by atoms with Gasteiger partial charge < -0.3 is 20.1 Å². The zero-order valence-electron chi connectivity index (χ0n) is 13.5. The Bertz CT molecular complexity index is 656. The fourth-order valence-corrected chi connectivity index (χ4v) is 1.95. The predicted octanol–water partition coefficient (Wildman–Crippen LogP) is 1.97. The van der Waals surface area contributed by atoms with Gasteiger partial charge in [0, 0.05) is 5.69 Å². The van der Waals surface area contributed by atoms with E-state index in [4.69, 9.17) is 9.47 Å². The van der Waals surface area contributed by atoms with Crippen molar-refractivity contribution in [1.82, 2.24) is 5.32 Å². The van der Waals surface area contributed by atoms with Crippen molar-refractivity contribution < 1.29 is 19.1 Å². The van der Waals surface area contributed by atoms with Crippen molar-refractivity contribution in [2.45, 2.75) is 6.61 Å². The molecule has 0 aliphatic rings. The Morgan fingerprint density at radius 2 is 1.67 bits per heavy atom. The van der Waals surface area contributed by atoms with Gasteiger partial charge in [0.05, 0.1) is 20.3 Å². The van der Waals surface area contributed by atoms with Crippen molar-refractivity contribution in [2.24, 2.45) is 0 Å². The Kier molecular flexibility index (Phi) is 6.79. The highest BCUT2D eigenvalue weighted by atomic mass is 16.5. The number of amides is 2. The summed E-state index contributed by atoms with van der Waals surface area (Å²) < 4.78 is 10.3. The van der Waals surface area contributed by atoms with Crippen molar-refractivity contribution in [1.29, 1.82) is 0 Å². The Labute approximate surface area is 140 Å². The molecule has 0 bridgehead atoms. The second kappa shape index (κ2) is 9.32. The molecule has 0 aliphatic carbocycles. The van der Waals surface area contributed by atoms with Crippen LogP contribution in [-0.4, -0.2) is 32.1 Å². The van der Waals surface area contributed by atoms with E-state index in [1.54, 1.807) is 31.4 Å². The first kappa shape index (κ1) is 17.5. The quantitative estimate of drug-likeness (QED) is 0.777. The summed E-state index contributed by atoms with van der Waals surface area (Å²) >= 11 is 0. The molecular weight excluding hydrogens is 308 g/mol. The van der Waals surface area contributed by atoms with E-state index >= 15 is 0 Å². The average molecular weight is 328 g/mol. The number of anilines is 1. The molecule has 0 fully saturated rings. The molecule has 0 aromatic heterocycles. The Balaban J connectivity index is 1.64. The van der Waals surface area contributed by atoms with Crippen LogP contribution >= 0.6 is 0 Å². The molecule has 6 heteroatoms. The van der Waals surface area contributed by atoms with Gasteiger partial charge in [0.1, 0.15) is 12.4 Å². The molecule has 2 amide bonds. The number of hydrogen-bond acceptors (Lipinski definition) is 4. The van der Waals surface area contributed by atoms with Crippen LogP contribution in [0.4, 0.5) is 5.69 Å². The van der Waals surface area contributed by atoms with Gasteiger partial charge in [0.15, 0.2) is 0 Å². The third-order valence-corrected chi connectivity index (χ3v) is 3.16. The minimum atomic E-state index is -0.337. The van der Waals surface area contributed by atoms with E-state index in [0.29, 0.717) is 18.0 Å². The van der Waals surface area contributed by atoms with Crippen LogP contribution in [0.3, 0.4) is 0 Å². The Morgan fingerprint density at radius 3 is 2.33 bits per heavy atom. The van der Waals surface area contributed by atoms with Crippen LogP contribution in [0, 0.1) is 0 Å². The SMILES string of the molecule is COc1ccc(NC(=O)CNC(=O)COCc2ccccc2)cc1. The number of benzene rings is 2. The highest BCUT2D eigenvalue weighted by Crippen LogP contribution is 2.14. The summed E-state index contributed by atoms with van der Waals surface area (Å²) in [6, 6.07) is 16.5. The van der Waals surface area contributed by atoms with E-state index < -0.39 is 0 Å². The fourth-order valence-electron chi connectivity index (χ4n) is 1.95. The minimum absolute atomic E-state index is 0.0925. The lowest BCUT2D eigenvalue weighted by Crippen LogP contribution is -2.35. The molecule has 0 aliphatic heterocycles. The first-order valence-electron chi connectivity index (χ1n) is 7.49. The summed E-state index contributed by atoms with van der Waals surface area (Å²) in [6.07, 6.45) is 0. The van der Waals surface area contributed by atoms with E-state index in [9.17, 15) is 9.59 Å². The molecule has 2 aromatic carbocycles. The molecule has 0 unspecified atom stereocenters. The van der Waals surface area contributed by atoms with Crippen LogP contribution in [0.5, 0.6) is 5.75 Å². The maximum Gasteiger partial charge on any atom is 0.246 e. The fraction of sp³-hybridized carbons (Fsp3) is 0.222. The molecule has 126 valence electrons. The van der Waals surface area contributed by atoms with Gasteiger partial charge in [0.25, 0.3) is 0 Å². The standard InChI is InChI=1S/C18H20N2O4/c1-23-16-9-7-15(8-10-16)20-17(21)11-19-18(22)13-24-12-14-5-3-2-4-6-14/h2-10H,11-13H2,1H3,(H,19,22)(H,20,21). The van der Waals surface area contributed by atoms with Crippen LogP contribution in [0.15, 0.2) is 54.6 Å². The molecule has 2 rings (SSSR count). The first-order valence-corrected chi connectivity index (χ1v) is 7.49. The molecule has 0 radical (unpaired) electrons. The zero-order chi connectivity index (χ0) is 17.2. The van der Waals surface area contributed by atoms with Gasteiger partial charge in [-0.15, -0.1) is 0 Å². The Morgan fingerprint density at radius 1 is 0.958 bits per heavy atom. The van der Waals surface area contributed by atoms with Crippen LogP contribution in [-0.2, 0) is 20.9 Å². The Hall–Kier alpha value is -2.86. The summed E-state index contributed by atoms with van der Waals surface area (Å²) in [7, 11) is 1.57. The van der Waals surface area contributed by atoms with Crippen molar-refractivity contribution in [3.8, 4) is 5.75 Å². The summed E-state index contributed by atoms with van der Waals surface area (Å²) in [4.78, 5) is 23.4. The van der Waals surface area contributed by atoms with Crippen LogP contribution < -0.4 is 15.4 Å². The van der Waals surface area contributed by atoms with Crippen LogP contribution in [0.25, 0.3) is 0 Å². The van der Waals surface area contributed by atoms with E-state index in [2.05, 4.69) is 10.6 Å². The van der Waals surface area contributed by atoms with Gasteiger partial charge in [0.2, 0.25) is 11.8 Å². The number of nitrogens with one attached hydrogen (secondary N) is 2. The highest BCUT2D eigenvalue weighted by molar-refractivity contribution is 5.94. The summed E-state index contributed by atoms with van der Waals surface area (Å²) in [6.45, 7) is 0.149. The second-order valence-corrected chi connectivity index (χ2v) is 5.03. The molecule has 2 aromatic rings. The van der Waals surface area contributed by atoms with Crippen molar-refractivity contribution in [2.75, 3.05) is 25.6 Å². The maximum atomic E-state index is 11.8. The normalized spacial score (nSPS) is 10.0. The number of methoxy groups -OCH3 is 1. The minimum Gasteiger partial charge on any atom is -0.497 e. The van der Waals surface area contributed by atoms with Gasteiger partial charge in [-0.25, -0.2) is 0 Å². The second-order valence-electron chi connectivity index (χ2n) is 5.03. The number of rotatable bonds is 8. The molecule has 2 N–H and O–H groups in total. The van der Waals surface area contributed by atoms with E-state index in [1.807, 2.05) is 30.3 Å². The van der Waals surface area contributed by atoms with E-state index in [0.717, 1.165) is 5.56 Å². The third-order valence-electron chi connectivity index (χ3n) is 3.16. The van der Waals surface area contributed by atoms with Gasteiger partial charge in [-0.05, 0) is 29.8 Å². The van der Waals surface area contributed by atoms with Gasteiger partial charge in [-0.3, -0.25) is 9.59 Å². The lowest BCUT2D eigenvalue weighted by atomic mass is 10.2. The molecular formula is C18H20N2O4. The summed E-state index contributed by atoms with van der Waals surface area (Å²) in [5.41, 5.74) is 1.62. The van der Waals surface area contributed by atoms with Gasteiger partial charge in [-0.2, -0.15) is 0 Å². The smallest absolute Gasteiger partial charge is 0.246 e. The van der Waals surface area contributed by atoms with Crippen LogP contribution in [0.2, 0.25) is 0 Å². The molecule has 24 heavy (non-hydrogen) atoms. The van der Waals surface area contributed by atoms with Crippen LogP contribution in [0.1, 0.15) is 5.56 Å². The first-order chi connectivity index (χ1) is 11.7. The molecule has 0 atom stereocenters. The average Bonchev–Trinajstić information content (AvgIpc) is 2.61. The largest absolute Gasteiger partial charge is 0.497 e. The number of hydrogen-bond donors (Lipinski definition) is 2. The molecule has 0 saturated heterocycles. The van der Waals surface area contributed by atoms with E-state index in [1.165, 1.54) is 0 Å². The number of carbonyl (C=O) groups is 2. The summed E-state index contributed by atoms with van der Waals surface area (Å²) in [5.74, 6) is 0.0595. The highest BCUT2D eigenvalue weighted by Gasteiger charge is 2.06.